The molecule has 0 radical (unpaired) electrons. The van der Waals surface area contributed by atoms with Gasteiger partial charge >= 0.3 is 0 Å². The highest BCUT2D eigenvalue weighted by Gasteiger charge is 2.01. The van der Waals surface area contributed by atoms with E-state index in [2.05, 4.69) is 20.4 Å². The molecule has 0 saturated carbocycles. The number of hydrogen-bond donors (Lipinski definition) is 4. The topological polar surface area (TPSA) is 133 Å². The van der Waals surface area contributed by atoms with Crippen LogP contribution in [0.15, 0.2) is 52.8 Å². The van der Waals surface area contributed by atoms with E-state index in [1.165, 1.54) is 12.1 Å². The SMILES string of the molecule is CCNC(=NC)C(=N)N=N.Nc1cc(F)cc(Oc2cccnc2)c1.[HH]. The summed E-state index contributed by atoms with van der Waals surface area (Å²) in [5.41, 5.74) is 12.3. The Labute approximate surface area is 146 Å². The molecule has 2 aromatic rings. The van der Waals surface area contributed by atoms with Gasteiger partial charge < -0.3 is 15.8 Å². The summed E-state index contributed by atoms with van der Waals surface area (Å²) >= 11 is 0. The molecule has 1 aromatic carbocycles. The van der Waals surface area contributed by atoms with Gasteiger partial charge in [0.25, 0.3) is 0 Å². The second kappa shape index (κ2) is 10.4. The maximum absolute atomic E-state index is 13.0. The number of likely N-dealkylation sites (N-methyl/N-ethyl adjacent to an activating group) is 1. The number of aliphatic imine (C=N–C) groups is 1. The predicted molar refractivity (Wildman–Crippen MR) is 97.1 cm³/mol. The van der Waals surface area contributed by atoms with Gasteiger partial charge in [0.2, 0.25) is 5.84 Å². The van der Waals surface area contributed by atoms with Crippen LogP contribution in [0.4, 0.5) is 10.1 Å². The molecule has 1 aromatic heterocycles. The quantitative estimate of drug-likeness (QED) is 0.293. The van der Waals surface area contributed by atoms with E-state index in [4.69, 9.17) is 21.4 Å². The fourth-order valence-electron chi connectivity index (χ4n) is 1.68. The van der Waals surface area contributed by atoms with Crippen LogP contribution in [0.2, 0.25) is 0 Å². The third-order valence-electron chi connectivity index (χ3n) is 2.67. The first-order valence-corrected chi connectivity index (χ1v) is 7.31. The maximum atomic E-state index is 13.0. The molecule has 2 rings (SSSR count). The molecule has 0 fully saturated rings. The van der Waals surface area contributed by atoms with E-state index in [9.17, 15) is 4.39 Å². The Bertz CT molecular complexity index is 720. The van der Waals surface area contributed by atoms with Crippen molar-refractivity contribution in [2.24, 2.45) is 10.1 Å². The summed E-state index contributed by atoms with van der Waals surface area (Å²) in [6.07, 6.45) is 3.17. The number of halogens is 1. The van der Waals surface area contributed by atoms with E-state index in [0.717, 1.165) is 0 Å². The molecule has 0 spiro atoms. The van der Waals surface area contributed by atoms with E-state index in [1.807, 2.05) is 6.92 Å². The molecular weight excluding hydrogens is 325 g/mol. The first kappa shape index (κ1) is 19.7. The number of amidine groups is 2. The number of pyridine rings is 1. The fraction of sp³-hybridized carbons (Fsp3) is 0.188. The Morgan fingerprint density at radius 1 is 1.40 bits per heavy atom. The Hall–Kier alpha value is -3.36. The molecule has 0 unspecified atom stereocenters. The van der Waals surface area contributed by atoms with E-state index >= 15 is 0 Å². The van der Waals surface area contributed by atoms with E-state index in [1.54, 1.807) is 37.6 Å². The van der Waals surface area contributed by atoms with Gasteiger partial charge in [0.1, 0.15) is 17.3 Å². The maximum Gasteiger partial charge on any atom is 0.208 e. The molecule has 0 saturated heterocycles. The van der Waals surface area contributed by atoms with Crippen molar-refractivity contribution in [3.63, 3.8) is 0 Å². The number of ether oxygens (including phenoxy) is 1. The molecule has 8 nitrogen and oxygen atoms in total. The zero-order chi connectivity index (χ0) is 18.7. The van der Waals surface area contributed by atoms with Gasteiger partial charge in [-0.25, -0.2) is 9.92 Å². The van der Waals surface area contributed by atoms with Crippen LogP contribution in [0.1, 0.15) is 8.35 Å². The van der Waals surface area contributed by atoms with Crippen LogP contribution in [0.25, 0.3) is 0 Å². The van der Waals surface area contributed by atoms with Crippen LogP contribution in [0.5, 0.6) is 11.5 Å². The Morgan fingerprint density at radius 3 is 2.68 bits per heavy atom. The molecule has 0 atom stereocenters. The van der Waals surface area contributed by atoms with Crippen LogP contribution < -0.4 is 15.8 Å². The number of anilines is 1. The molecular formula is C16H22FN7O. The number of nitrogens with one attached hydrogen (secondary N) is 3. The third kappa shape index (κ3) is 7.16. The number of benzene rings is 1. The van der Waals surface area contributed by atoms with Gasteiger partial charge in [0, 0.05) is 39.0 Å². The molecule has 9 heteroatoms. The molecule has 0 bridgehead atoms. The van der Waals surface area contributed by atoms with Gasteiger partial charge in [-0.2, -0.15) is 0 Å². The summed E-state index contributed by atoms with van der Waals surface area (Å²) in [6.45, 7) is 2.58. The lowest BCUT2D eigenvalue weighted by molar-refractivity contribution is 0.475. The zero-order valence-corrected chi connectivity index (χ0v) is 14.0. The normalized spacial score (nSPS) is 10.3. The minimum Gasteiger partial charge on any atom is -0.456 e. The van der Waals surface area contributed by atoms with Crippen LogP contribution in [-0.2, 0) is 0 Å². The van der Waals surface area contributed by atoms with Gasteiger partial charge in [0.05, 0.1) is 6.20 Å². The number of hydrogen-bond acceptors (Lipinski definition) is 6. The number of nitrogen functional groups attached to an aromatic ring is 1. The average molecular weight is 347 g/mol. The highest BCUT2D eigenvalue weighted by molar-refractivity contribution is 6.39. The minimum atomic E-state index is -0.422. The number of rotatable bonds is 3. The summed E-state index contributed by atoms with van der Waals surface area (Å²) in [7, 11) is 1.55. The second-order valence-electron chi connectivity index (χ2n) is 4.57. The van der Waals surface area contributed by atoms with Crippen molar-refractivity contribution in [2.45, 2.75) is 6.92 Å². The molecule has 0 aliphatic rings. The van der Waals surface area contributed by atoms with E-state index < -0.39 is 5.82 Å². The van der Waals surface area contributed by atoms with Gasteiger partial charge in [-0.15, -0.1) is 5.11 Å². The molecule has 0 aliphatic carbocycles. The van der Waals surface area contributed by atoms with Crippen molar-refractivity contribution in [1.82, 2.24) is 10.3 Å². The highest BCUT2D eigenvalue weighted by Crippen LogP contribution is 2.23. The Morgan fingerprint density at radius 2 is 2.16 bits per heavy atom. The molecule has 5 N–H and O–H groups in total. The van der Waals surface area contributed by atoms with Crippen LogP contribution in [-0.4, -0.2) is 30.2 Å². The lowest BCUT2D eigenvalue weighted by Gasteiger charge is -2.05. The largest absolute Gasteiger partial charge is 0.456 e. The second-order valence-corrected chi connectivity index (χ2v) is 4.57. The van der Waals surface area contributed by atoms with Crippen molar-refractivity contribution >= 4 is 17.4 Å². The first-order chi connectivity index (χ1) is 12.0. The van der Waals surface area contributed by atoms with Crippen molar-refractivity contribution in [1.29, 1.82) is 10.9 Å². The summed E-state index contributed by atoms with van der Waals surface area (Å²) in [5.74, 6) is 0.707. The van der Waals surface area contributed by atoms with E-state index in [-0.39, 0.29) is 7.26 Å². The zero-order valence-electron chi connectivity index (χ0n) is 14.0. The Kier molecular flexibility index (Phi) is 8.21. The van der Waals surface area contributed by atoms with Gasteiger partial charge in [-0.1, -0.05) is 0 Å². The first-order valence-electron chi connectivity index (χ1n) is 7.31. The fourth-order valence-corrected chi connectivity index (χ4v) is 1.68. The van der Waals surface area contributed by atoms with Gasteiger partial charge in [0.15, 0.2) is 5.84 Å². The summed E-state index contributed by atoms with van der Waals surface area (Å²) in [5, 5.41) is 12.8. The molecule has 0 amide bonds. The highest BCUT2D eigenvalue weighted by atomic mass is 19.1. The minimum absolute atomic E-state index is 0. The van der Waals surface area contributed by atoms with Crippen LogP contribution in [0.3, 0.4) is 0 Å². The lowest BCUT2D eigenvalue weighted by atomic mass is 10.3. The summed E-state index contributed by atoms with van der Waals surface area (Å²) in [4.78, 5) is 7.59. The smallest absolute Gasteiger partial charge is 0.208 e. The molecule has 134 valence electrons. The van der Waals surface area contributed by atoms with E-state index in [0.29, 0.717) is 29.6 Å². The standard InChI is InChI=1S/C11H9FN2O.C5H11N5.H2/c12-8-4-9(13)6-11(5-8)15-10-2-1-3-14-7-10;1-3-9-5(8-2)4(6)10-7;/h1-7H,13H2;6-7H,3H2,1-2H3,(H,8,9);1H. The van der Waals surface area contributed by atoms with Crippen molar-refractivity contribution in [2.75, 3.05) is 19.3 Å². The summed E-state index contributed by atoms with van der Waals surface area (Å²) < 4.78 is 18.3. The molecule has 1 heterocycles. The van der Waals surface area contributed by atoms with Crippen molar-refractivity contribution in [3.8, 4) is 11.5 Å². The number of nitrogens with two attached hydrogens (primary N) is 1. The molecule has 25 heavy (non-hydrogen) atoms. The third-order valence-corrected chi connectivity index (χ3v) is 2.67. The Balaban J connectivity index is 0.000000504. The van der Waals surface area contributed by atoms with Crippen LogP contribution >= 0.6 is 0 Å². The average Bonchev–Trinajstić information content (AvgIpc) is 2.59. The summed E-state index contributed by atoms with van der Waals surface area (Å²) in [6, 6.07) is 7.52. The van der Waals surface area contributed by atoms with Crippen molar-refractivity contribution in [3.05, 3.63) is 48.5 Å². The van der Waals surface area contributed by atoms with Crippen LogP contribution in [0, 0.1) is 16.8 Å². The molecule has 0 aliphatic heterocycles. The lowest BCUT2D eigenvalue weighted by Crippen LogP contribution is -2.29. The van der Waals surface area contributed by atoms with Crippen molar-refractivity contribution < 1.29 is 10.6 Å². The van der Waals surface area contributed by atoms with Gasteiger partial charge in [-0.05, 0) is 25.1 Å². The number of nitrogens with zero attached hydrogens (tertiary/aromatic N) is 3. The monoisotopic (exact) mass is 347 g/mol. The predicted octanol–water partition coefficient (Wildman–Crippen LogP) is 3.47. The number of aromatic nitrogens is 1. The van der Waals surface area contributed by atoms with Gasteiger partial charge in [-0.3, -0.25) is 15.4 Å².